The molecule has 0 aromatic heterocycles. The van der Waals surface area contributed by atoms with E-state index in [1.54, 1.807) is 0 Å². The van der Waals surface area contributed by atoms with Gasteiger partial charge in [0.05, 0.1) is 21.9 Å². The third-order valence-electron chi connectivity index (χ3n) is 4.65. The first-order valence-corrected chi connectivity index (χ1v) is 8.21. The number of aryl methyl sites for hydroxylation is 1. The Balaban J connectivity index is 2.36. The quantitative estimate of drug-likeness (QED) is 0.653. The Morgan fingerprint density at radius 1 is 1.26 bits per heavy atom. The van der Waals surface area contributed by atoms with E-state index in [1.807, 2.05) is 53.8 Å². The summed E-state index contributed by atoms with van der Waals surface area (Å²) in [6.07, 6.45) is 2.05. The normalized spacial score (nSPS) is 20.1. The molecule has 2 rings (SSSR count). The summed E-state index contributed by atoms with van der Waals surface area (Å²) in [7, 11) is 1.52. The molecule has 0 atom stereocenters. The first-order chi connectivity index (χ1) is 10.6. The molecule has 1 aromatic carbocycles. The summed E-state index contributed by atoms with van der Waals surface area (Å²) in [4.78, 5) is 0. The molecular formula is C17H26BClN2O2. The van der Waals surface area contributed by atoms with Gasteiger partial charge in [0.1, 0.15) is 0 Å². The van der Waals surface area contributed by atoms with Crippen molar-refractivity contribution in [2.45, 2.75) is 45.8 Å². The van der Waals surface area contributed by atoms with Crippen molar-refractivity contribution in [3.63, 3.8) is 0 Å². The molecule has 0 saturated carbocycles. The minimum absolute atomic E-state index is 0.362. The number of nitrogens with two attached hydrogens (primary N) is 1. The van der Waals surface area contributed by atoms with Crippen molar-refractivity contribution in [1.29, 1.82) is 0 Å². The number of nitrogens with one attached hydrogen (secondary N) is 1. The van der Waals surface area contributed by atoms with Crippen LogP contribution in [-0.2, 0) is 9.31 Å². The monoisotopic (exact) mass is 336 g/mol. The van der Waals surface area contributed by atoms with E-state index in [1.165, 1.54) is 0 Å². The van der Waals surface area contributed by atoms with Crippen LogP contribution in [0.1, 0.15) is 38.8 Å². The van der Waals surface area contributed by atoms with Crippen LogP contribution in [0.2, 0.25) is 5.02 Å². The standard InChI is InChI=1S/C17H26BClN2O2/c1-11-7-12(9-14(19)15(11)20)8-13(10-21-6)18-22-16(2,3)17(4,5)23-18/h7-9,21H,10,20H2,1-6H3. The van der Waals surface area contributed by atoms with Gasteiger partial charge in [0.15, 0.2) is 0 Å². The predicted molar refractivity (Wildman–Crippen MR) is 98.6 cm³/mol. The maximum Gasteiger partial charge on any atom is 0.491 e. The van der Waals surface area contributed by atoms with Gasteiger partial charge in [0.25, 0.3) is 0 Å². The zero-order valence-electron chi connectivity index (χ0n) is 14.8. The Labute approximate surface area is 144 Å². The number of halogens is 1. The van der Waals surface area contributed by atoms with E-state index in [4.69, 9.17) is 26.6 Å². The third-order valence-corrected chi connectivity index (χ3v) is 4.96. The summed E-state index contributed by atoms with van der Waals surface area (Å²) in [5.41, 5.74) is 8.78. The number of hydrogen-bond acceptors (Lipinski definition) is 4. The second-order valence-corrected chi connectivity index (χ2v) is 7.48. The number of likely N-dealkylation sites (N-methyl/N-ethyl adjacent to an activating group) is 1. The Morgan fingerprint density at radius 2 is 1.83 bits per heavy atom. The molecule has 1 saturated heterocycles. The molecule has 0 unspecified atom stereocenters. The molecule has 0 aliphatic carbocycles. The lowest BCUT2D eigenvalue weighted by molar-refractivity contribution is 0.00578. The predicted octanol–water partition coefficient (Wildman–Crippen LogP) is 3.46. The number of benzene rings is 1. The summed E-state index contributed by atoms with van der Waals surface area (Å²) in [5.74, 6) is 0. The van der Waals surface area contributed by atoms with E-state index in [-0.39, 0.29) is 18.3 Å². The highest BCUT2D eigenvalue weighted by Crippen LogP contribution is 2.39. The van der Waals surface area contributed by atoms with E-state index in [0.29, 0.717) is 17.3 Å². The second kappa shape index (κ2) is 6.48. The van der Waals surface area contributed by atoms with Crippen molar-refractivity contribution in [3.05, 3.63) is 33.8 Å². The van der Waals surface area contributed by atoms with Gasteiger partial charge in [0.2, 0.25) is 0 Å². The topological polar surface area (TPSA) is 56.5 Å². The van der Waals surface area contributed by atoms with Crippen LogP contribution in [0, 0.1) is 6.92 Å². The van der Waals surface area contributed by atoms with Crippen molar-refractivity contribution in [1.82, 2.24) is 5.32 Å². The highest BCUT2D eigenvalue weighted by Gasteiger charge is 2.52. The minimum Gasteiger partial charge on any atom is -0.400 e. The van der Waals surface area contributed by atoms with E-state index < -0.39 is 0 Å². The molecule has 0 amide bonds. The lowest BCUT2D eigenvalue weighted by Gasteiger charge is -2.32. The van der Waals surface area contributed by atoms with Crippen molar-refractivity contribution in [3.8, 4) is 0 Å². The number of rotatable bonds is 4. The largest absolute Gasteiger partial charge is 0.491 e. The molecule has 3 N–H and O–H groups in total. The zero-order chi connectivity index (χ0) is 17.4. The van der Waals surface area contributed by atoms with Gasteiger partial charge < -0.3 is 20.4 Å². The van der Waals surface area contributed by atoms with Gasteiger partial charge >= 0.3 is 7.12 Å². The molecule has 0 radical (unpaired) electrons. The summed E-state index contributed by atoms with van der Waals surface area (Å²) in [5, 5.41) is 3.74. The van der Waals surface area contributed by atoms with Gasteiger partial charge in [-0.2, -0.15) is 0 Å². The van der Waals surface area contributed by atoms with Gasteiger partial charge in [-0.05, 0) is 70.4 Å². The Hall–Kier alpha value is -1.01. The average Bonchev–Trinajstić information content (AvgIpc) is 2.64. The van der Waals surface area contributed by atoms with Crippen molar-refractivity contribution < 1.29 is 9.31 Å². The lowest BCUT2D eigenvalue weighted by Crippen LogP contribution is -2.41. The summed E-state index contributed by atoms with van der Waals surface area (Å²) in [6.45, 7) is 10.8. The molecule has 6 heteroatoms. The van der Waals surface area contributed by atoms with E-state index in [0.717, 1.165) is 16.6 Å². The van der Waals surface area contributed by atoms with E-state index in [2.05, 4.69) is 11.4 Å². The van der Waals surface area contributed by atoms with Crippen molar-refractivity contribution >= 4 is 30.5 Å². The molecule has 1 fully saturated rings. The van der Waals surface area contributed by atoms with Gasteiger partial charge in [-0.1, -0.05) is 17.7 Å². The van der Waals surface area contributed by atoms with Gasteiger partial charge in [0, 0.05) is 6.54 Å². The third kappa shape index (κ3) is 3.74. The Bertz CT molecular complexity index is 590. The molecule has 1 aromatic rings. The minimum atomic E-state index is -0.385. The second-order valence-electron chi connectivity index (χ2n) is 7.07. The van der Waals surface area contributed by atoms with E-state index in [9.17, 15) is 0 Å². The smallest absolute Gasteiger partial charge is 0.400 e. The van der Waals surface area contributed by atoms with E-state index >= 15 is 0 Å². The highest BCUT2D eigenvalue weighted by molar-refractivity contribution is 6.56. The van der Waals surface area contributed by atoms with Crippen molar-refractivity contribution in [2.24, 2.45) is 0 Å². The molecule has 23 heavy (non-hydrogen) atoms. The highest BCUT2D eigenvalue weighted by atomic mass is 35.5. The molecule has 126 valence electrons. The van der Waals surface area contributed by atoms with Crippen molar-refractivity contribution in [2.75, 3.05) is 19.3 Å². The van der Waals surface area contributed by atoms with Crippen LogP contribution < -0.4 is 11.1 Å². The maximum absolute atomic E-state index is 6.20. The molecule has 0 bridgehead atoms. The number of anilines is 1. The molecule has 4 nitrogen and oxygen atoms in total. The fourth-order valence-corrected chi connectivity index (χ4v) is 2.76. The molecule has 1 aliphatic heterocycles. The first kappa shape index (κ1) is 18.3. The van der Waals surface area contributed by atoms with Crippen LogP contribution in [0.5, 0.6) is 0 Å². The zero-order valence-corrected chi connectivity index (χ0v) is 15.5. The Morgan fingerprint density at radius 3 is 2.30 bits per heavy atom. The van der Waals surface area contributed by atoms with Crippen LogP contribution >= 0.6 is 11.6 Å². The maximum atomic E-state index is 6.20. The SMILES string of the molecule is CNCC(=Cc1cc(C)c(N)c(Cl)c1)B1OC(C)(C)C(C)(C)O1. The van der Waals surface area contributed by atoms with Crippen LogP contribution in [0.25, 0.3) is 6.08 Å². The summed E-state index contributed by atoms with van der Waals surface area (Å²) >= 11 is 6.20. The number of nitrogen functional groups attached to an aromatic ring is 1. The molecule has 1 aliphatic rings. The number of hydrogen-bond donors (Lipinski definition) is 2. The first-order valence-electron chi connectivity index (χ1n) is 7.84. The molecular weight excluding hydrogens is 310 g/mol. The van der Waals surface area contributed by atoms with Crippen LogP contribution in [0.4, 0.5) is 5.69 Å². The molecule has 1 heterocycles. The summed E-state index contributed by atoms with van der Waals surface area (Å²) in [6, 6.07) is 3.88. The fraction of sp³-hybridized carbons (Fsp3) is 0.529. The summed E-state index contributed by atoms with van der Waals surface area (Å²) < 4.78 is 12.3. The Kier molecular flexibility index (Phi) is 5.16. The van der Waals surface area contributed by atoms with Gasteiger partial charge in [-0.25, -0.2) is 0 Å². The van der Waals surface area contributed by atoms with Gasteiger partial charge in [-0.15, -0.1) is 0 Å². The fourth-order valence-electron chi connectivity index (χ4n) is 2.48. The van der Waals surface area contributed by atoms with Crippen LogP contribution in [0.3, 0.4) is 0 Å². The molecule has 0 spiro atoms. The van der Waals surface area contributed by atoms with Gasteiger partial charge in [-0.3, -0.25) is 0 Å². The lowest BCUT2D eigenvalue weighted by atomic mass is 9.77. The average molecular weight is 337 g/mol. The van der Waals surface area contributed by atoms with Crippen LogP contribution in [0.15, 0.2) is 17.6 Å². The van der Waals surface area contributed by atoms with Crippen LogP contribution in [-0.4, -0.2) is 31.9 Å².